The summed E-state index contributed by atoms with van der Waals surface area (Å²) in [6.07, 6.45) is 10.7. The van der Waals surface area contributed by atoms with E-state index in [1.807, 2.05) is 18.2 Å². The first-order chi connectivity index (χ1) is 20.0. The fraction of sp³-hybridized carbons (Fsp3) is 0.438. The van der Waals surface area contributed by atoms with Crippen LogP contribution < -0.4 is 20.9 Å². The normalized spacial score (nSPS) is 18.6. The van der Waals surface area contributed by atoms with Crippen LogP contribution in [-0.2, 0) is 0 Å². The molecule has 9 heteroatoms. The largest absolute Gasteiger partial charge is 0.371 e. The van der Waals surface area contributed by atoms with Crippen molar-refractivity contribution in [3.8, 4) is 0 Å². The summed E-state index contributed by atoms with van der Waals surface area (Å²) in [5, 5.41) is 9.38. The zero-order valence-corrected chi connectivity index (χ0v) is 23.9. The summed E-state index contributed by atoms with van der Waals surface area (Å²) in [6.45, 7) is 8.71. The first-order valence-corrected chi connectivity index (χ1v) is 14.8. The van der Waals surface area contributed by atoms with Crippen molar-refractivity contribution in [1.82, 2.24) is 25.2 Å². The Morgan fingerprint density at radius 3 is 2.44 bits per heavy atom. The quantitative estimate of drug-likeness (QED) is 0.301. The Morgan fingerprint density at radius 1 is 1.00 bits per heavy atom. The van der Waals surface area contributed by atoms with Gasteiger partial charge in [-0.15, -0.1) is 6.58 Å². The highest BCUT2D eigenvalue weighted by molar-refractivity contribution is 5.99. The number of carbonyl (C=O) groups is 1. The summed E-state index contributed by atoms with van der Waals surface area (Å²) in [5.74, 6) is 1.71. The lowest BCUT2D eigenvalue weighted by Crippen LogP contribution is -2.46. The van der Waals surface area contributed by atoms with Crippen molar-refractivity contribution < 1.29 is 4.79 Å². The topological polar surface area (TPSA) is 98.3 Å². The molecule has 2 aliphatic heterocycles. The predicted molar refractivity (Wildman–Crippen MR) is 164 cm³/mol. The van der Waals surface area contributed by atoms with Crippen LogP contribution in [0.4, 0.5) is 29.0 Å². The molecule has 214 valence electrons. The molecule has 1 saturated carbocycles. The van der Waals surface area contributed by atoms with Gasteiger partial charge in [0.25, 0.3) is 5.91 Å². The van der Waals surface area contributed by atoms with Gasteiger partial charge in [0.1, 0.15) is 17.2 Å². The number of anilines is 5. The molecule has 0 bridgehead atoms. The van der Waals surface area contributed by atoms with Gasteiger partial charge in [0.15, 0.2) is 0 Å². The van der Waals surface area contributed by atoms with E-state index in [2.05, 4.69) is 73.6 Å². The van der Waals surface area contributed by atoms with Gasteiger partial charge < -0.3 is 25.8 Å². The lowest BCUT2D eigenvalue weighted by atomic mass is 9.71. The molecule has 3 N–H and O–H groups in total. The summed E-state index contributed by atoms with van der Waals surface area (Å²) in [4.78, 5) is 31.7. The minimum atomic E-state index is -0.273. The molecule has 1 spiro atoms. The van der Waals surface area contributed by atoms with Gasteiger partial charge in [-0.05, 0) is 100 Å². The standard InChI is InChI=1S/C32H40N8O/c1-3-17-33-30(41)26-22-34-31(38-29(26)37-28-6-4-5-27(36-28)23-7-8-23)35-24-9-11-25(12-10-24)40-20-15-32(16-21-40)13-18-39(2)19-14-32/h3-6,9-12,22-23H,1,7-8,13-21H2,2H3,(H,33,41)(H2,34,35,36,37,38). The number of hydrogen-bond acceptors (Lipinski definition) is 8. The minimum absolute atomic E-state index is 0.273. The molecule has 3 fully saturated rings. The molecule has 1 aliphatic carbocycles. The summed E-state index contributed by atoms with van der Waals surface area (Å²) in [6, 6.07) is 14.4. The third kappa shape index (κ3) is 6.51. The van der Waals surface area contributed by atoms with Crippen LogP contribution in [0, 0.1) is 5.41 Å². The maximum absolute atomic E-state index is 12.8. The second-order valence-electron chi connectivity index (χ2n) is 11.8. The number of hydrogen-bond donors (Lipinski definition) is 3. The van der Waals surface area contributed by atoms with Crippen molar-refractivity contribution >= 4 is 34.9 Å². The molecule has 2 saturated heterocycles. The van der Waals surface area contributed by atoms with Gasteiger partial charge in [0, 0.05) is 48.8 Å². The SMILES string of the molecule is C=CCNC(=O)c1cnc(Nc2ccc(N3CCC4(CCN(C)CC4)CC3)cc2)nc1Nc1cccc(C2CC2)n1. The van der Waals surface area contributed by atoms with Crippen molar-refractivity contribution in [1.29, 1.82) is 0 Å². The van der Waals surface area contributed by atoms with Gasteiger partial charge in [-0.25, -0.2) is 9.97 Å². The van der Waals surface area contributed by atoms with Crippen LogP contribution in [0.2, 0.25) is 0 Å². The first kappa shape index (κ1) is 27.2. The van der Waals surface area contributed by atoms with Crippen LogP contribution in [0.3, 0.4) is 0 Å². The molecule has 9 nitrogen and oxygen atoms in total. The highest BCUT2D eigenvalue weighted by Gasteiger charge is 2.36. The third-order valence-electron chi connectivity index (χ3n) is 8.81. The lowest BCUT2D eigenvalue weighted by molar-refractivity contribution is 0.0944. The number of nitrogens with one attached hydrogen (secondary N) is 3. The minimum Gasteiger partial charge on any atom is -0.371 e. The van der Waals surface area contributed by atoms with Crippen LogP contribution in [0.25, 0.3) is 0 Å². The third-order valence-corrected chi connectivity index (χ3v) is 8.81. The number of likely N-dealkylation sites (tertiary alicyclic amines) is 1. The van der Waals surface area contributed by atoms with Crippen LogP contribution in [0.5, 0.6) is 0 Å². The van der Waals surface area contributed by atoms with Gasteiger partial charge in [-0.3, -0.25) is 4.79 Å². The second-order valence-corrected chi connectivity index (χ2v) is 11.8. The van der Waals surface area contributed by atoms with Crippen molar-refractivity contribution in [2.75, 3.05) is 55.3 Å². The van der Waals surface area contributed by atoms with E-state index < -0.39 is 0 Å². The smallest absolute Gasteiger partial charge is 0.256 e. The molecule has 0 radical (unpaired) electrons. The molecule has 4 heterocycles. The highest BCUT2D eigenvalue weighted by Crippen LogP contribution is 2.42. The number of amides is 1. The van der Waals surface area contributed by atoms with E-state index in [0.717, 1.165) is 24.5 Å². The van der Waals surface area contributed by atoms with Gasteiger partial charge in [-0.1, -0.05) is 12.1 Å². The number of carbonyl (C=O) groups excluding carboxylic acids is 1. The van der Waals surface area contributed by atoms with Crippen LogP contribution in [-0.4, -0.2) is 65.5 Å². The van der Waals surface area contributed by atoms with E-state index in [-0.39, 0.29) is 5.91 Å². The van der Waals surface area contributed by atoms with E-state index >= 15 is 0 Å². The summed E-state index contributed by atoms with van der Waals surface area (Å²) in [5.41, 5.74) is 4.09. The fourth-order valence-electron chi connectivity index (χ4n) is 5.93. The number of piperidine rings is 2. The van der Waals surface area contributed by atoms with Gasteiger partial charge >= 0.3 is 0 Å². The van der Waals surface area contributed by atoms with E-state index in [1.165, 1.54) is 57.3 Å². The summed E-state index contributed by atoms with van der Waals surface area (Å²) in [7, 11) is 2.24. The zero-order valence-electron chi connectivity index (χ0n) is 23.9. The monoisotopic (exact) mass is 552 g/mol. The molecule has 6 rings (SSSR count). The molecular weight excluding hydrogens is 512 g/mol. The Hall–Kier alpha value is -3.98. The number of rotatable bonds is 9. The van der Waals surface area contributed by atoms with Gasteiger partial charge in [0.05, 0.1) is 0 Å². The lowest BCUT2D eigenvalue weighted by Gasteiger charge is -2.46. The molecule has 1 aromatic carbocycles. The Bertz CT molecular complexity index is 1370. The number of pyridine rings is 1. The van der Waals surface area contributed by atoms with E-state index in [0.29, 0.717) is 41.0 Å². The van der Waals surface area contributed by atoms with E-state index in [1.54, 1.807) is 12.3 Å². The van der Waals surface area contributed by atoms with E-state index in [9.17, 15) is 4.79 Å². The van der Waals surface area contributed by atoms with Crippen LogP contribution in [0.15, 0.2) is 61.3 Å². The molecule has 41 heavy (non-hydrogen) atoms. The maximum Gasteiger partial charge on any atom is 0.256 e. The number of nitrogens with zero attached hydrogens (tertiary/aromatic N) is 5. The Kier molecular flexibility index (Phi) is 7.87. The first-order valence-electron chi connectivity index (χ1n) is 14.8. The summed E-state index contributed by atoms with van der Waals surface area (Å²) >= 11 is 0. The van der Waals surface area contributed by atoms with Gasteiger partial charge in [-0.2, -0.15) is 4.98 Å². The molecule has 0 unspecified atom stereocenters. The molecule has 2 aromatic heterocycles. The van der Waals surface area contributed by atoms with Crippen LogP contribution >= 0.6 is 0 Å². The van der Waals surface area contributed by atoms with E-state index in [4.69, 9.17) is 4.98 Å². The van der Waals surface area contributed by atoms with Crippen LogP contribution in [0.1, 0.15) is 60.5 Å². The Labute approximate surface area is 242 Å². The predicted octanol–water partition coefficient (Wildman–Crippen LogP) is 5.46. The Morgan fingerprint density at radius 2 is 1.73 bits per heavy atom. The van der Waals surface area contributed by atoms with Crippen molar-refractivity contribution in [2.24, 2.45) is 5.41 Å². The second kappa shape index (κ2) is 11.9. The molecule has 3 aromatic rings. The molecular formula is C32H40N8O. The number of aromatic nitrogens is 3. The molecule has 1 amide bonds. The van der Waals surface area contributed by atoms with Crippen molar-refractivity contribution in [3.05, 3.63) is 72.6 Å². The molecule has 3 aliphatic rings. The zero-order chi connectivity index (χ0) is 28.2. The average Bonchev–Trinajstić information content (AvgIpc) is 3.85. The Balaban J connectivity index is 1.14. The van der Waals surface area contributed by atoms with Crippen molar-refractivity contribution in [2.45, 2.75) is 44.4 Å². The van der Waals surface area contributed by atoms with Crippen molar-refractivity contribution in [3.63, 3.8) is 0 Å². The fourth-order valence-corrected chi connectivity index (χ4v) is 5.93. The number of benzene rings is 1. The highest BCUT2D eigenvalue weighted by atomic mass is 16.1. The average molecular weight is 553 g/mol. The summed E-state index contributed by atoms with van der Waals surface area (Å²) < 4.78 is 0. The molecule has 0 atom stereocenters. The van der Waals surface area contributed by atoms with Gasteiger partial charge in [0.2, 0.25) is 5.95 Å². The maximum atomic E-state index is 12.8.